The lowest BCUT2D eigenvalue weighted by molar-refractivity contribution is -0.404. The van der Waals surface area contributed by atoms with Crippen molar-refractivity contribution in [3.63, 3.8) is 0 Å². The number of nitrogens with one attached hydrogen (secondary N) is 1. The Balaban J connectivity index is 1.95. The Morgan fingerprint density at radius 3 is 3.25 bits per heavy atom. The van der Waals surface area contributed by atoms with Crippen molar-refractivity contribution in [3.8, 4) is 0 Å². The van der Waals surface area contributed by atoms with Crippen LogP contribution in [-0.4, -0.2) is 49.0 Å². The zero-order valence-corrected chi connectivity index (χ0v) is 8.92. The summed E-state index contributed by atoms with van der Waals surface area (Å²) in [5.41, 5.74) is 0. The smallest absolute Gasteiger partial charge is 0.274 e. The molecule has 16 heavy (non-hydrogen) atoms. The van der Waals surface area contributed by atoms with Crippen molar-refractivity contribution in [2.24, 2.45) is 0 Å². The Hall–Kier alpha value is -1.34. The minimum atomic E-state index is -0.438. The van der Waals surface area contributed by atoms with Gasteiger partial charge in [0.1, 0.15) is 12.9 Å². The van der Waals surface area contributed by atoms with Gasteiger partial charge in [-0.2, -0.15) is 0 Å². The first kappa shape index (κ1) is 11.2. The van der Waals surface area contributed by atoms with E-state index in [2.05, 4.69) is 5.32 Å². The molecule has 1 atom stereocenters. The van der Waals surface area contributed by atoms with Gasteiger partial charge in [0.15, 0.2) is 5.82 Å². The maximum atomic E-state index is 10.5. The number of ether oxygens (including phenoxy) is 2. The Morgan fingerprint density at radius 1 is 1.69 bits per heavy atom. The van der Waals surface area contributed by atoms with Crippen LogP contribution in [0.4, 0.5) is 0 Å². The number of hydrogen-bond acceptors (Lipinski definition) is 6. The predicted molar refractivity (Wildman–Crippen MR) is 55.0 cm³/mol. The van der Waals surface area contributed by atoms with Gasteiger partial charge in [0.2, 0.25) is 0 Å². The van der Waals surface area contributed by atoms with Gasteiger partial charge in [0, 0.05) is 19.6 Å². The zero-order chi connectivity index (χ0) is 11.4. The first-order valence-corrected chi connectivity index (χ1v) is 5.29. The largest absolute Gasteiger partial charge is 0.367 e. The van der Waals surface area contributed by atoms with E-state index < -0.39 is 4.92 Å². The van der Waals surface area contributed by atoms with E-state index in [4.69, 9.17) is 9.47 Å². The molecular formula is C9H15N3O4. The summed E-state index contributed by atoms with van der Waals surface area (Å²) >= 11 is 0. The summed E-state index contributed by atoms with van der Waals surface area (Å²) in [6.07, 6.45) is 1.99. The zero-order valence-electron chi connectivity index (χ0n) is 8.92. The summed E-state index contributed by atoms with van der Waals surface area (Å²) in [6.45, 7) is 3.10. The molecule has 2 fully saturated rings. The molecule has 2 aliphatic rings. The third-order valence-electron chi connectivity index (χ3n) is 2.59. The van der Waals surface area contributed by atoms with Crippen LogP contribution in [-0.2, 0) is 9.47 Å². The molecule has 0 aliphatic carbocycles. The van der Waals surface area contributed by atoms with E-state index in [1.807, 2.05) is 4.90 Å². The summed E-state index contributed by atoms with van der Waals surface area (Å²) in [7, 11) is 0. The van der Waals surface area contributed by atoms with Crippen molar-refractivity contribution >= 4 is 0 Å². The average Bonchev–Trinajstić information content (AvgIpc) is 2.73. The van der Waals surface area contributed by atoms with Gasteiger partial charge in [-0.1, -0.05) is 0 Å². The van der Waals surface area contributed by atoms with E-state index in [1.54, 1.807) is 0 Å². The summed E-state index contributed by atoms with van der Waals surface area (Å²) in [5, 5.41) is 13.5. The van der Waals surface area contributed by atoms with Crippen LogP contribution in [0.25, 0.3) is 0 Å². The van der Waals surface area contributed by atoms with Crippen LogP contribution in [0, 0.1) is 10.1 Å². The first-order chi connectivity index (χ1) is 7.75. The number of hydrogen-bond donors (Lipinski definition) is 1. The minimum Gasteiger partial charge on any atom is -0.367 e. The molecule has 2 heterocycles. The Kier molecular flexibility index (Phi) is 3.58. The van der Waals surface area contributed by atoms with Crippen LogP contribution in [0.15, 0.2) is 12.0 Å². The molecule has 0 bridgehead atoms. The first-order valence-electron chi connectivity index (χ1n) is 5.29. The molecule has 1 unspecified atom stereocenters. The minimum absolute atomic E-state index is 0.00931. The molecule has 0 aromatic heterocycles. The van der Waals surface area contributed by atoms with Gasteiger partial charge in [-0.15, -0.1) is 0 Å². The fraction of sp³-hybridized carbons (Fsp3) is 0.778. The lowest BCUT2D eigenvalue weighted by Crippen LogP contribution is -2.43. The molecule has 2 rings (SSSR count). The van der Waals surface area contributed by atoms with Gasteiger partial charge in [-0.25, -0.2) is 0 Å². The van der Waals surface area contributed by atoms with Gasteiger partial charge in [-0.05, 0) is 6.42 Å². The van der Waals surface area contributed by atoms with Crippen molar-refractivity contribution in [2.45, 2.75) is 12.5 Å². The predicted octanol–water partition coefficient (Wildman–Crippen LogP) is -0.270. The standard InChI is InChI=1S/C9H15N3O4/c13-12(14)5-9-10-2-1-3-11(9)4-8-6-15-7-16-8/h5,8,10H,1-4,6-7H2/b9-5+. The summed E-state index contributed by atoms with van der Waals surface area (Å²) in [4.78, 5) is 12.0. The lowest BCUT2D eigenvalue weighted by Gasteiger charge is -2.32. The van der Waals surface area contributed by atoms with Crippen molar-refractivity contribution in [1.82, 2.24) is 10.2 Å². The van der Waals surface area contributed by atoms with Crippen molar-refractivity contribution in [1.29, 1.82) is 0 Å². The van der Waals surface area contributed by atoms with E-state index in [0.29, 0.717) is 25.8 Å². The van der Waals surface area contributed by atoms with Gasteiger partial charge in [-0.3, -0.25) is 10.1 Å². The maximum absolute atomic E-state index is 10.5. The quantitative estimate of drug-likeness (QED) is 0.530. The van der Waals surface area contributed by atoms with Crippen LogP contribution < -0.4 is 5.32 Å². The molecule has 90 valence electrons. The highest BCUT2D eigenvalue weighted by Crippen LogP contribution is 2.12. The van der Waals surface area contributed by atoms with E-state index in [0.717, 1.165) is 25.7 Å². The maximum Gasteiger partial charge on any atom is 0.274 e. The molecule has 7 heteroatoms. The van der Waals surface area contributed by atoms with Gasteiger partial charge in [0.05, 0.1) is 11.5 Å². The highest BCUT2D eigenvalue weighted by atomic mass is 16.7. The van der Waals surface area contributed by atoms with Crippen molar-refractivity contribution in [2.75, 3.05) is 33.0 Å². The Bertz CT molecular complexity index is 288. The Labute approximate surface area is 93.1 Å². The lowest BCUT2D eigenvalue weighted by atomic mass is 10.2. The molecule has 7 nitrogen and oxygen atoms in total. The summed E-state index contributed by atoms with van der Waals surface area (Å²) in [6, 6.07) is 0. The SMILES string of the molecule is O=[N+]([O-])/C=C1\NCCCN1CC1COCO1. The van der Waals surface area contributed by atoms with E-state index in [-0.39, 0.29) is 6.10 Å². The fourth-order valence-electron chi connectivity index (χ4n) is 1.86. The second-order valence-electron chi connectivity index (χ2n) is 3.80. The molecule has 2 saturated heterocycles. The number of nitrogens with zero attached hydrogens (tertiary/aromatic N) is 2. The van der Waals surface area contributed by atoms with Crippen LogP contribution in [0.3, 0.4) is 0 Å². The molecule has 0 aromatic carbocycles. The molecule has 0 radical (unpaired) electrons. The van der Waals surface area contributed by atoms with E-state index >= 15 is 0 Å². The molecule has 2 aliphatic heterocycles. The van der Waals surface area contributed by atoms with Crippen molar-refractivity contribution in [3.05, 3.63) is 22.1 Å². The fourth-order valence-corrected chi connectivity index (χ4v) is 1.86. The topological polar surface area (TPSA) is 76.9 Å². The highest BCUT2D eigenvalue weighted by molar-refractivity contribution is 4.98. The molecule has 0 saturated carbocycles. The third kappa shape index (κ3) is 2.83. The number of nitro groups is 1. The molecule has 0 amide bonds. The second-order valence-corrected chi connectivity index (χ2v) is 3.80. The highest BCUT2D eigenvalue weighted by Gasteiger charge is 2.24. The number of rotatable bonds is 3. The third-order valence-corrected chi connectivity index (χ3v) is 2.59. The molecule has 0 spiro atoms. The van der Waals surface area contributed by atoms with E-state index in [1.165, 1.54) is 0 Å². The molecule has 0 aromatic rings. The van der Waals surface area contributed by atoms with Gasteiger partial charge in [0.25, 0.3) is 6.20 Å². The molecule has 1 N–H and O–H groups in total. The van der Waals surface area contributed by atoms with Crippen LogP contribution in [0.5, 0.6) is 0 Å². The Morgan fingerprint density at radius 2 is 2.56 bits per heavy atom. The van der Waals surface area contributed by atoms with Gasteiger partial charge >= 0.3 is 0 Å². The van der Waals surface area contributed by atoms with Crippen LogP contribution in [0.1, 0.15) is 6.42 Å². The molecular weight excluding hydrogens is 214 g/mol. The van der Waals surface area contributed by atoms with Crippen LogP contribution in [0.2, 0.25) is 0 Å². The summed E-state index contributed by atoms with van der Waals surface area (Å²) in [5.74, 6) is 0.562. The van der Waals surface area contributed by atoms with Crippen LogP contribution >= 0.6 is 0 Å². The normalized spacial score (nSPS) is 28.1. The average molecular weight is 229 g/mol. The van der Waals surface area contributed by atoms with E-state index in [9.17, 15) is 10.1 Å². The van der Waals surface area contributed by atoms with Crippen molar-refractivity contribution < 1.29 is 14.4 Å². The summed E-state index contributed by atoms with van der Waals surface area (Å²) < 4.78 is 10.4. The van der Waals surface area contributed by atoms with Gasteiger partial charge < -0.3 is 19.7 Å². The monoisotopic (exact) mass is 229 g/mol. The second kappa shape index (κ2) is 5.13.